The molecule has 2 aliphatic rings. The summed E-state index contributed by atoms with van der Waals surface area (Å²) in [5.74, 6) is 2.04. The van der Waals surface area contributed by atoms with Crippen LogP contribution >= 0.6 is 11.8 Å². The van der Waals surface area contributed by atoms with Crippen LogP contribution in [0.3, 0.4) is 0 Å². The molecule has 0 radical (unpaired) electrons. The van der Waals surface area contributed by atoms with Crippen molar-refractivity contribution in [1.29, 1.82) is 0 Å². The fourth-order valence-corrected chi connectivity index (χ4v) is 4.98. The zero-order chi connectivity index (χ0) is 17.2. The number of hydrogen-bond acceptors (Lipinski definition) is 5. The monoisotopic (exact) mass is 353 g/mol. The van der Waals surface area contributed by atoms with Gasteiger partial charge in [-0.2, -0.15) is 0 Å². The number of rotatable bonds is 5. The number of nitrogens with zero attached hydrogens (tertiary/aromatic N) is 3. The third kappa shape index (κ3) is 3.01. The summed E-state index contributed by atoms with van der Waals surface area (Å²) in [4.78, 5) is 12.2. The maximum atomic E-state index is 5.61. The standard InChI is InChI=1S/C20H23N3OS/c1-3-15-13-25-20-22-18(17-7-5-6-12-21-17)19(23(15)20)14-8-10-16(11-9-14)24-4-2/h5-12,15,18-19H,3-4,13H2,1-2H3/t15-,18-,19+/m1/s1. The lowest BCUT2D eigenvalue weighted by Crippen LogP contribution is -2.35. The third-order valence-corrected chi connectivity index (χ3v) is 5.99. The van der Waals surface area contributed by atoms with Crippen LogP contribution in [0.25, 0.3) is 0 Å². The lowest BCUT2D eigenvalue weighted by atomic mass is 9.95. The SMILES string of the molecule is CCOc1ccc([C@H]2[C@@H](c3ccccn3)N=C3SC[C@@H](CC)N32)cc1. The fraction of sp³-hybridized carbons (Fsp3) is 0.400. The highest BCUT2D eigenvalue weighted by Crippen LogP contribution is 2.48. The van der Waals surface area contributed by atoms with Crippen LogP contribution in [0.5, 0.6) is 5.75 Å². The summed E-state index contributed by atoms with van der Waals surface area (Å²) < 4.78 is 5.61. The van der Waals surface area contributed by atoms with Crippen LogP contribution in [-0.4, -0.2) is 33.5 Å². The van der Waals surface area contributed by atoms with Crippen molar-refractivity contribution in [2.75, 3.05) is 12.4 Å². The van der Waals surface area contributed by atoms with E-state index in [0.717, 1.165) is 23.6 Å². The summed E-state index contributed by atoms with van der Waals surface area (Å²) >= 11 is 1.88. The number of aromatic nitrogens is 1. The van der Waals surface area contributed by atoms with E-state index in [9.17, 15) is 0 Å². The molecule has 3 heterocycles. The van der Waals surface area contributed by atoms with Gasteiger partial charge >= 0.3 is 0 Å². The Balaban J connectivity index is 1.72. The molecule has 25 heavy (non-hydrogen) atoms. The third-order valence-electron chi connectivity index (χ3n) is 4.86. The van der Waals surface area contributed by atoms with Crippen molar-refractivity contribution >= 4 is 16.9 Å². The van der Waals surface area contributed by atoms with Gasteiger partial charge in [-0.25, -0.2) is 0 Å². The molecular weight excluding hydrogens is 330 g/mol. The molecule has 4 rings (SSSR count). The molecule has 2 aromatic rings. The van der Waals surface area contributed by atoms with Crippen molar-refractivity contribution in [3.63, 3.8) is 0 Å². The Hall–Kier alpha value is -2.01. The van der Waals surface area contributed by atoms with Crippen LogP contribution < -0.4 is 4.74 Å². The van der Waals surface area contributed by atoms with Crippen LogP contribution in [0.1, 0.15) is 43.6 Å². The highest BCUT2D eigenvalue weighted by Gasteiger charge is 2.45. The highest BCUT2D eigenvalue weighted by molar-refractivity contribution is 8.14. The molecule has 0 unspecified atom stereocenters. The lowest BCUT2D eigenvalue weighted by Gasteiger charge is -2.32. The molecule has 0 amide bonds. The highest BCUT2D eigenvalue weighted by atomic mass is 32.2. The van der Waals surface area contributed by atoms with E-state index < -0.39 is 0 Å². The lowest BCUT2D eigenvalue weighted by molar-refractivity contribution is 0.255. The van der Waals surface area contributed by atoms with Crippen LogP contribution in [0, 0.1) is 0 Å². The number of pyridine rings is 1. The van der Waals surface area contributed by atoms with Crippen molar-refractivity contribution < 1.29 is 4.74 Å². The second-order valence-electron chi connectivity index (χ2n) is 6.34. The Bertz CT molecular complexity index is 747. The van der Waals surface area contributed by atoms with Crippen molar-refractivity contribution in [3.05, 3.63) is 59.9 Å². The summed E-state index contributed by atoms with van der Waals surface area (Å²) in [5.41, 5.74) is 2.32. The van der Waals surface area contributed by atoms with Gasteiger partial charge in [0.1, 0.15) is 11.8 Å². The average molecular weight is 353 g/mol. The first kappa shape index (κ1) is 16.5. The number of benzene rings is 1. The largest absolute Gasteiger partial charge is 0.494 e. The van der Waals surface area contributed by atoms with E-state index in [1.54, 1.807) is 0 Å². The van der Waals surface area contributed by atoms with Gasteiger partial charge in [0.05, 0.1) is 18.3 Å². The van der Waals surface area contributed by atoms with Crippen molar-refractivity contribution in [2.45, 2.75) is 38.4 Å². The quantitative estimate of drug-likeness (QED) is 0.795. The van der Waals surface area contributed by atoms with Crippen LogP contribution in [-0.2, 0) is 0 Å². The Labute approximate surface area is 153 Å². The minimum absolute atomic E-state index is 0.0518. The summed E-state index contributed by atoms with van der Waals surface area (Å²) in [7, 11) is 0. The van der Waals surface area contributed by atoms with E-state index >= 15 is 0 Å². The predicted octanol–water partition coefficient (Wildman–Crippen LogP) is 4.46. The first-order chi connectivity index (χ1) is 12.3. The van der Waals surface area contributed by atoms with Crippen LogP contribution in [0.4, 0.5) is 0 Å². The van der Waals surface area contributed by atoms with Gasteiger partial charge < -0.3 is 9.64 Å². The molecule has 3 atom stereocenters. The molecule has 5 heteroatoms. The molecule has 1 fully saturated rings. The number of ether oxygens (including phenoxy) is 1. The van der Waals surface area contributed by atoms with E-state index in [1.165, 1.54) is 10.7 Å². The fourth-order valence-electron chi connectivity index (χ4n) is 3.64. The first-order valence-electron chi connectivity index (χ1n) is 8.94. The number of thioether (sulfide) groups is 1. The molecule has 1 aromatic carbocycles. The van der Waals surface area contributed by atoms with Gasteiger partial charge in [0, 0.05) is 18.0 Å². The molecule has 0 N–H and O–H groups in total. The van der Waals surface area contributed by atoms with Gasteiger partial charge in [-0.1, -0.05) is 36.9 Å². The molecule has 0 spiro atoms. The molecule has 4 nitrogen and oxygen atoms in total. The Kier molecular flexibility index (Phi) is 4.66. The molecular formula is C20H23N3OS. The minimum atomic E-state index is 0.0518. The zero-order valence-electron chi connectivity index (χ0n) is 14.6. The molecule has 1 saturated heterocycles. The van der Waals surface area contributed by atoms with Crippen LogP contribution in [0.2, 0.25) is 0 Å². The van der Waals surface area contributed by atoms with Crippen molar-refractivity contribution in [1.82, 2.24) is 9.88 Å². The van der Waals surface area contributed by atoms with Gasteiger partial charge in [0.2, 0.25) is 0 Å². The summed E-state index contributed by atoms with van der Waals surface area (Å²) in [6.07, 6.45) is 2.99. The normalized spacial score (nSPS) is 25.0. The van der Waals surface area contributed by atoms with Crippen molar-refractivity contribution in [2.24, 2.45) is 4.99 Å². The van der Waals surface area contributed by atoms with Crippen molar-refractivity contribution in [3.8, 4) is 5.75 Å². The number of fused-ring (bicyclic) bond motifs is 1. The van der Waals surface area contributed by atoms with Gasteiger partial charge in [-0.05, 0) is 43.2 Å². The second kappa shape index (κ2) is 7.08. The van der Waals surface area contributed by atoms with Gasteiger partial charge in [0.25, 0.3) is 0 Å². The summed E-state index contributed by atoms with van der Waals surface area (Å²) in [6.45, 7) is 4.96. The van der Waals surface area contributed by atoms with Gasteiger partial charge in [-0.15, -0.1) is 0 Å². The smallest absolute Gasteiger partial charge is 0.160 e. The zero-order valence-corrected chi connectivity index (χ0v) is 15.4. The maximum absolute atomic E-state index is 5.61. The van der Waals surface area contributed by atoms with E-state index in [2.05, 4.69) is 47.1 Å². The van der Waals surface area contributed by atoms with Gasteiger partial charge in [-0.3, -0.25) is 9.98 Å². The molecule has 130 valence electrons. The number of hydrogen-bond donors (Lipinski definition) is 0. The Morgan fingerprint density at radius 3 is 2.68 bits per heavy atom. The number of amidine groups is 1. The predicted molar refractivity (Wildman–Crippen MR) is 103 cm³/mol. The van der Waals surface area contributed by atoms with Crippen LogP contribution in [0.15, 0.2) is 53.7 Å². The van der Waals surface area contributed by atoms with Gasteiger partial charge in [0.15, 0.2) is 5.17 Å². The molecule has 1 aromatic heterocycles. The molecule has 2 aliphatic heterocycles. The molecule has 0 saturated carbocycles. The Morgan fingerprint density at radius 2 is 2.00 bits per heavy atom. The topological polar surface area (TPSA) is 37.7 Å². The van der Waals surface area contributed by atoms with E-state index in [4.69, 9.17) is 9.73 Å². The average Bonchev–Trinajstić information content (AvgIpc) is 3.22. The summed E-state index contributed by atoms with van der Waals surface area (Å²) in [6, 6.07) is 15.4. The van der Waals surface area contributed by atoms with E-state index in [0.29, 0.717) is 12.6 Å². The van der Waals surface area contributed by atoms with E-state index in [-0.39, 0.29) is 12.1 Å². The summed E-state index contributed by atoms with van der Waals surface area (Å²) in [5, 5.41) is 1.17. The molecule has 0 aliphatic carbocycles. The minimum Gasteiger partial charge on any atom is -0.494 e. The second-order valence-corrected chi connectivity index (χ2v) is 7.33. The Morgan fingerprint density at radius 1 is 1.16 bits per heavy atom. The molecule has 0 bridgehead atoms. The first-order valence-corrected chi connectivity index (χ1v) is 9.93. The maximum Gasteiger partial charge on any atom is 0.160 e. The number of aliphatic imine (C=N–C) groups is 1. The van der Waals surface area contributed by atoms with E-state index in [1.807, 2.05) is 37.0 Å².